The van der Waals surface area contributed by atoms with Crippen LogP contribution in [0, 0.1) is 0 Å². The van der Waals surface area contributed by atoms with Crippen LogP contribution in [0.1, 0.15) is 33.4 Å². The van der Waals surface area contributed by atoms with Gasteiger partial charge >= 0.3 is 5.69 Å². The van der Waals surface area contributed by atoms with Crippen LogP contribution in [0.3, 0.4) is 0 Å². The number of nitrogens with one attached hydrogen (secondary N) is 1. The molecule has 1 saturated heterocycles. The maximum absolute atomic E-state index is 14.7. The summed E-state index contributed by atoms with van der Waals surface area (Å²) in [5, 5.41) is 10.1. The van der Waals surface area contributed by atoms with Gasteiger partial charge < -0.3 is 9.84 Å². The Bertz CT molecular complexity index is 594. The third kappa shape index (κ3) is 2.02. The minimum atomic E-state index is -2.13. The summed E-state index contributed by atoms with van der Waals surface area (Å²) in [6, 6.07) is 1.11. The number of rotatable bonds is 2. The van der Waals surface area contributed by atoms with Crippen LogP contribution in [0.5, 0.6) is 0 Å². The second kappa shape index (κ2) is 4.28. The van der Waals surface area contributed by atoms with Crippen LogP contribution < -0.4 is 11.2 Å². The maximum Gasteiger partial charge on any atom is 0.330 e. The lowest BCUT2D eigenvalue weighted by molar-refractivity contribution is -0.0972. The Kier molecular flexibility index (Phi) is 3.14. The van der Waals surface area contributed by atoms with E-state index in [4.69, 9.17) is 4.74 Å². The molecule has 1 fully saturated rings. The van der Waals surface area contributed by atoms with Crippen molar-refractivity contribution in [2.75, 3.05) is 0 Å². The van der Waals surface area contributed by atoms with Crippen molar-refractivity contribution < 1.29 is 14.2 Å². The highest BCUT2D eigenvalue weighted by Crippen LogP contribution is 2.47. The lowest BCUT2D eigenvalue weighted by atomic mass is 9.88. The van der Waals surface area contributed by atoms with Gasteiger partial charge in [0.25, 0.3) is 5.56 Å². The number of alkyl halides is 1. The van der Waals surface area contributed by atoms with Gasteiger partial charge in [0, 0.05) is 12.3 Å². The van der Waals surface area contributed by atoms with Crippen molar-refractivity contribution in [2.45, 2.75) is 50.8 Å². The number of aliphatic hydroxyl groups is 1. The summed E-state index contributed by atoms with van der Waals surface area (Å²) in [5.74, 6) is 0. The Morgan fingerprint density at radius 2 is 2.16 bits per heavy atom. The van der Waals surface area contributed by atoms with Gasteiger partial charge in [-0.2, -0.15) is 0 Å². The molecule has 4 atom stereocenters. The van der Waals surface area contributed by atoms with Crippen LogP contribution in [0.15, 0.2) is 21.9 Å². The highest BCUT2D eigenvalue weighted by molar-refractivity contribution is 5.06. The van der Waals surface area contributed by atoms with Crippen molar-refractivity contribution in [1.82, 2.24) is 9.55 Å². The Morgan fingerprint density at radius 1 is 1.53 bits per heavy atom. The third-order valence-corrected chi connectivity index (χ3v) is 3.78. The Hall–Kier alpha value is -1.47. The molecular weight excluding hydrogens is 255 g/mol. The fourth-order valence-electron chi connectivity index (χ4n) is 2.38. The van der Waals surface area contributed by atoms with Gasteiger partial charge in [0.1, 0.15) is 6.10 Å². The predicted molar refractivity (Wildman–Crippen MR) is 65.7 cm³/mol. The molecule has 4 unspecified atom stereocenters. The van der Waals surface area contributed by atoms with E-state index < -0.39 is 34.9 Å². The zero-order valence-electron chi connectivity index (χ0n) is 11.0. The van der Waals surface area contributed by atoms with E-state index in [1.165, 1.54) is 6.92 Å². The first kappa shape index (κ1) is 14.0. The summed E-state index contributed by atoms with van der Waals surface area (Å²) in [7, 11) is 0. The first-order chi connectivity index (χ1) is 8.72. The number of halogens is 1. The Labute approximate surface area is 108 Å². The highest BCUT2D eigenvalue weighted by Gasteiger charge is 2.60. The number of nitrogens with zero attached hydrogens (tertiary/aromatic N) is 1. The van der Waals surface area contributed by atoms with Gasteiger partial charge in [-0.1, -0.05) is 6.92 Å². The maximum atomic E-state index is 14.7. The van der Waals surface area contributed by atoms with Crippen molar-refractivity contribution in [3.8, 4) is 0 Å². The third-order valence-electron chi connectivity index (χ3n) is 3.78. The molecule has 1 aromatic rings. The molecule has 1 aliphatic rings. The first-order valence-electron chi connectivity index (χ1n) is 6.08. The minimum Gasteiger partial charge on any atom is -0.387 e. The lowest BCUT2D eigenvalue weighted by Crippen LogP contribution is -2.46. The lowest BCUT2D eigenvalue weighted by Gasteiger charge is -2.27. The van der Waals surface area contributed by atoms with Gasteiger partial charge in [-0.25, -0.2) is 9.18 Å². The molecule has 1 aromatic heterocycles. The SMILES string of the molecule is CCC1(C)OC(n2ccc(=O)[nH]c2=O)C(C)(F)C1O. The molecule has 7 heteroatoms. The number of hydrogen-bond acceptors (Lipinski definition) is 4. The molecule has 19 heavy (non-hydrogen) atoms. The standard InChI is InChI=1S/C12H17FN2O4/c1-4-11(2)8(17)12(3,13)9(19-11)15-6-5-7(16)14-10(15)18/h5-6,8-9,17H,4H2,1-3H3,(H,14,16,18). The molecule has 1 aliphatic heterocycles. The van der Waals surface area contributed by atoms with Crippen LogP contribution in [0.4, 0.5) is 4.39 Å². The van der Waals surface area contributed by atoms with E-state index in [0.29, 0.717) is 6.42 Å². The molecule has 0 spiro atoms. The first-order valence-corrected chi connectivity index (χ1v) is 6.08. The van der Waals surface area contributed by atoms with Crippen LogP contribution in [0.25, 0.3) is 0 Å². The van der Waals surface area contributed by atoms with E-state index in [2.05, 4.69) is 0 Å². The topological polar surface area (TPSA) is 84.3 Å². The number of aromatic nitrogens is 2. The van der Waals surface area contributed by atoms with E-state index in [1.807, 2.05) is 4.98 Å². The summed E-state index contributed by atoms with van der Waals surface area (Å²) in [4.78, 5) is 24.8. The molecular formula is C12H17FN2O4. The molecule has 0 saturated carbocycles. The number of H-pyrrole nitrogens is 1. The average molecular weight is 272 g/mol. The van der Waals surface area contributed by atoms with Gasteiger partial charge in [0.2, 0.25) is 0 Å². The van der Waals surface area contributed by atoms with E-state index >= 15 is 0 Å². The molecule has 2 rings (SSSR count). The number of ether oxygens (including phenoxy) is 1. The quantitative estimate of drug-likeness (QED) is 0.812. The monoisotopic (exact) mass is 272 g/mol. The molecule has 0 radical (unpaired) electrons. The van der Waals surface area contributed by atoms with E-state index in [0.717, 1.165) is 16.8 Å². The zero-order valence-corrected chi connectivity index (χ0v) is 11.0. The summed E-state index contributed by atoms with van der Waals surface area (Å²) < 4.78 is 21.2. The number of aromatic amines is 1. The van der Waals surface area contributed by atoms with Gasteiger partial charge in [-0.15, -0.1) is 0 Å². The Morgan fingerprint density at radius 3 is 2.63 bits per heavy atom. The summed E-state index contributed by atoms with van der Waals surface area (Å²) in [6.07, 6.45) is -1.09. The molecule has 106 valence electrons. The second-order valence-corrected chi connectivity index (χ2v) is 5.21. The normalized spacial score (nSPS) is 38.6. The molecule has 0 aromatic carbocycles. The molecule has 0 aliphatic carbocycles. The molecule has 2 N–H and O–H groups in total. The highest BCUT2D eigenvalue weighted by atomic mass is 19.1. The van der Waals surface area contributed by atoms with Crippen molar-refractivity contribution in [2.24, 2.45) is 0 Å². The van der Waals surface area contributed by atoms with Crippen molar-refractivity contribution in [3.63, 3.8) is 0 Å². The van der Waals surface area contributed by atoms with Gasteiger partial charge in [0.15, 0.2) is 11.9 Å². The van der Waals surface area contributed by atoms with Gasteiger partial charge in [-0.05, 0) is 20.3 Å². The van der Waals surface area contributed by atoms with Crippen molar-refractivity contribution >= 4 is 0 Å². The Balaban J connectivity index is 2.51. The molecule has 0 bridgehead atoms. The fourth-order valence-corrected chi connectivity index (χ4v) is 2.38. The van der Waals surface area contributed by atoms with Crippen LogP contribution >= 0.6 is 0 Å². The minimum absolute atomic E-state index is 0.391. The largest absolute Gasteiger partial charge is 0.387 e. The molecule has 2 heterocycles. The summed E-state index contributed by atoms with van der Waals surface area (Å²) >= 11 is 0. The number of hydrogen-bond donors (Lipinski definition) is 2. The smallest absolute Gasteiger partial charge is 0.330 e. The van der Waals surface area contributed by atoms with Gasteiger partial charge in [-0.3, -0.25) is 14.3 Å². The van der Waals surface area contributed by atoms with Crippen LogP contribution in [-0.2, 0) is 4.74 Å². The second-order valence-electron chi connectivity index (χ2n) is 5.21. The van der Waals surface area contributed by atoms with E-state index in [1.54, 1.807) is 13.8 Å². The predicted octanol–water partition coefficient (Wildman–Crippen LogP) is 0.323. The molecule has 0 amide bonds. The van der Waals surface area contributed by atoms with Crippen molar-refractivity contribution in [3.05, 3.63) is 33.1 Å². The molecule has 6 nitrogen and oxygen atoms in total. The van der Waals surface area contributed by atoms with Crippen LogP contribution in [-0.4, -0.2) is 32.0 Å². The van der Waals surface area contributed by atoms with E-state index in [9.17, 15) is 19.1 Å². The van der Waals surface area contributed by atoms with Crippen molar-refractivity contribution in [1.29, 1.82) is 0 Å². The fraction of sp³-hybridized carbons (Fsp3) is 0.667. The van der Waals surface area contributed by atoms with Gasteiger partial charge in [0.05, 0.1) is 5.60 Å². The average Bonchev–Trinajstić information content (AvgIpc) is 2.51. The summed E-state index contributed by atoms with van der Waals surface area (Å²) in [6.45, 7) is 4.53. The summed E-state index contributed by atoms with van der Waals surface area (Å²) in [5.41, 5.74) is -4.55. The van der Waals surface area contributed by atoms with E-state index in [-0.39, 0.29) is 0 Å². The zero-order chi connectivity index (χ0) is 14.4. The number of aliphatic hydroxyl groups excluding tert-OH is 1. The van der Waals surface area contributed by atoms with Crippen LogP contribution in [0.2, 0.25) is 0 Å².